The molecule has 1 aliphatic heterocycles. The van der Waals surface area contributed by atoms with Gasteiger partial charge in [-0.3, -0.25) is 4.90 Å². The van der Waals surface area contributed by atoms with E-state index < -0.39 is 0 Å². The van der Waals surface area contributed by atoms with E-state index in [-0.39, 0.29) is 6.04 Å². The molecular formula is C10H19N3. The molecule has 0 saturated carbocycles. The van der Waals surface area contributed by atoms with E-state index in [2.05, 4.69) is 37.1 Å². The van der Waals surface area contributed by atoms with Crippen molar-refractivity contribution < 1.29 is 0 Å². The van der Waals surface area contributed by atoms with Gasteiger partial charge in [-0.25, -0.2) is 0 Å². The molecule has 0 bridgehead atoms. The van der Waals surface area contributed by atoms with Crippen LogP contribution in [-0.4, -0.2) is 36.1 Å². The summed E-state index contributed by atoms with van der Waals surface area (Å²) in [6, 6.07) is 3.47. The van der Waals surface area contributed by atoms with Crippen LogP contribution in [0.3, 0.4) is 0 Å². The maximum Gasteiger partial charge on any atom is 0.0978 e. The SMILES string of the molecule is CCC(C#N)N1CC(C)NCC1C. The summed E-state index contributed by atoms with van der Waals surface area (Å²) in [5, 5.41) is 12.4. The first-order valence-corrected chi connectivity index (χ1v) is 5.07. The zero-order valence-corrected chi connectivity index (χ0v) is 8.75. The molecule has 1 fully saturated rings. The van der Waals surface area contributed by atoms with Crippen LogP contribution < -0.4 is 5.32 Å². The first-order valence-electron chi connectivity index (χ1n) is 5.07. The summed E-state index contributed by atoms with van der Waals surface area (Å²) in [6.45, 7) is 8.42. The second kappa shape index (κ2) is 4.59. The van der Waals surface area contributed by atoms with Gasteiger partial charge in [0, 0.05) is 25.2 Å². The minimum Gasteiger partial charge on any atom is -0.311 e. The van der Waals surface area contributed by atoms with Gasteiger partial charge in [0.1, 0.15) is 0 Å². The molecule has 1 N–H and O–H groups in total. The Morgan fingerprint density at radius 2 is 2.31 bits per heavy atom. The topological polar surface area (TPSA) is 39.1 Å². The van der Waals surface area contributed by atoms with E-state index in [4.69, 9.17) is 5.26 Å². The van der Waals surface area contributed by atoms with Gasteiger partial charge in [0.2, 0.25) is 0 Å². The Labute approximate surface area is 80.7 Å². The summed E-state index contributed by atoms with van der Waals surface area (Å²) in [4.78, 5) is 2.31. The first-order chi connectivity index (χ1) is 6.19. The highest BCUT2D eigenvalue weighted by atomic mass is 15.2. The maximum absolute atomic E-state index is 8.97. The smallest absolute Gasteiger partial charge is 0.0978 e. The van der Waals surface area contributed by atoms with Gasteiger partial charge in [-0.2, -0.15) is 5.26 Å². The summed E-state index contributed by atoms with van der Waals surface area (Å²) < 4.78 is 0. The molecule has 1 aliphatic rings. The van der Waals surface area contributed by atoms with Crippen molar-refractivity contribution in [2.24, 2.45) is 0 Å². The lowest BCUT2D eigenvalue weighted by Gasteiger charge is -2.39. The third kappa shape index (κ3) is 2.43. The Hall–Kier alpha value is -0.590. The molecule has 74 valence electrons. The summed E-state index contributed by atoms with van der Waals surface area (Å²) in [5.74, 6) is 0. The number of hydrogen-bond donors (Lipinski definition) is 1. The largest absolute Gasteiger partial charge is 0.311 e. The highest BCUT2D eigenvalue weighted by molar-refractivity contribution is 4.96. The Bertz CT molecular complexity index is 197. The maximum atomic E-state index is 8.97. The van der Waals surface area contributed by atoms with Crippen molar-refractivity contribution in [3.8, 4) is 6.07 Å². The second-order valence-corrected chi connectivity index (χ2v) is 3.91. The van der Waals surface area contributed by atoms with Crippen LogP contribution in [0.4, 0.5) is 0 Å². The zero-order valence-electron chi connectivity index (χ0n) is 8.75. The van der Waals surface area contributed by atoms with Crippen LogP contribution in [0.15, 0.2) is 0 Å². The summed E-state index contributed by atoms with van der Waals surface area (Å²) in [5.41, 5.74) is 0. The monoisotopic (exact) mass is 181 g/mol. The predicted octanol–water partition coefficient (Wildman–Crippen LogP) is 0.971. The molecule has 1 heterocycles. The molecule has 3 atom stereocenters. The predicted molar refractivity (Wildman–Crippen MR) is 53.3 cm³/mol. The van der Waals surface area contributed by atoms with Crippen LogP contribution in [-0.2, 0) is 0 Å². The highest BCUT2D eigenvalue weighted by Gasteiger charge is 2.27. The van der Waals surface area contributed by atoms with Gasteiger partial charge >= 0.3 is 0 Å². The number of rotatable bonds is 2. The minimum absolute atomic E-state index is 0.0968. The molecule has 0 radical (unpaired) electrons. The van der Waals surface area contributed by atoms with Crippen LogP contribution in [0.2, 0.25) is 0 Å². The van der Waals surface area contributed by atoms with E-state index in [1.807, 2.05) is 0 Å². The number of piperazine rings is 1. The molecule has 0 aromatic rings. The third-order valence-corrected chi connectivity index (χ3v) is 2.75. The molecule has 3 unspecified atom stereocenters. The van der Waals surface area contributed by atoms with E-state index in [1.165, 1.54) is 0 Å². The molecule has 1 rings (SSSR count). The van der Waals surface area contributed by atoms with Crippen molar-refractivity contribution in [1.82, 2.24) is 10.2 Å². The van der Waals surface area contributed by atoms with E-state index in [9.17, 15) is 0 Å². The molecule has 13 heavy (non-hydrogen) atoms. The van der Waals surface area contributed by atoms with E-state index in [0.717, 1.165) is 19.5 Å². The van der Waals surface area contributed by atoms with E-state index in [1.54, 1.807) is 0 Å². The molecule has 0 spiro atoms. The zero-order chi connectivity index (χ0) is 9.84. The fourth-order valence-corrected chi connectivity index (χ4v) is 1.88. The molecule has 0 aromatic heterocycles. The number of nitriles is 1. The van der Waals surface area contributed by atoms with Gasteiger partial charge in [0.05, 0.1) is 12.1 Å². The Morgan fingerprint density at radius 3 is 2.85 bits per heavy atom. The van der Waals surface area contributed by atoms with Crippen LogP contribution in [0.1, 0.15) is 27.2 Å². The fourth-order valence-electron chi connectivity index (χ4n) is 1.88. The molecular weight excluding hydrogens is 162 g/mol. The molecule has 3 heteroatoms. The normalized spacial score (nSPS) is 32.5. The van der Waals surface area contributed by atoms with Crippen molar-refractivity contribution in [3.05, 3.63) is 0 Å². The lowest BCUT2D eigenvalue weighted by Crippen LogP contribution is -2.57. The average Bonchev–Trinajstić information content (AvgIpc) is 2.13. The third-order valence-electron chi connectivity index (χ3n) is 2.75. The van der Waals surface area contributed by atoms with Crippen molar-refractivity contribution >= 4 is 0 Å². The lowest BCUT2D eigenvalue weighted by atomic mass is 10.1. The number of nitrogens with one attached hydrogen (secondary N) is 1. The standard InChI is InChI=1S/C10H19N3/c1-4-10(5-11)13-7-8(2)12-6-9(13)3/h8-10,12H,4,6-7H2,1-3H3. The van der Waals surface area contributed by atoms with Crippen LogP contribution >= 0.6 is 0 Å². The van der Waals surface area contributed by atoms with Crippen molar-refractivity contribution in [1.29, 1.82) is 5.26 Å². The van der Waals surface area contributed by atoms with Gasteiger partial charge in [-0.1, -0.05) is 6.92 Å². The lowest BCUT2D eigenvalue weighted by molar-refractivity contribution is 0.117. The summed E-state index contributed by atoms with van der Waals surface area (Å²) >= 11 is 0. The molecule has 0 aliphatic carbocycles. The Kier molecular flexibility index (Phi) is 3.71. The van der Waals surface area contributed by atoms with E-state index in [0.29, 0.717) is 12.1 Å². The molecule has 1 saturated heterocycles. The minimum atomic E-state index is 0.0968. The van der Waals surface area contributed by atoms with Crippen LogP contribution in [0.25, 0.3) is 0 Å². The van der Waals surface area contributed by atoms with Crippen LogP contribution in [0.5, 0.6) is 0 Å². The van der Waals surface area contributed by atoms with Crippen molar-refractivity contribution in [2.45, 2.75) is 45.3 Å². The number of hydrogen-bond acceptors (Lipinski definition) is 3. The summed E-state index contributed by atoms with van der Waals surface area (Å²) in [7, 11) is 0. The van der Waals surface area contributed by atoms with Gasteiger partial charge in [-0.05, 0) is 20.3 Å². The van der Waals surface area contributed by atoms with Crippen LogP contribution in [0, 0.1) is 11.3 Å². The van der Waals surface area contributed by atoms with Crippen molar-refractivity contribution in [3.63, 3.8) is 0 Å². The van der Waals surface area contributed by atoms with E-state index >= 15 is 0 Å². The highest BCUT2D eigenvalue weighted by Crippen LogP contribution is 2.12. The molecule has 0 aromatic carbocycles. The number of nitrogens with zero attached hydrogens (tertiary/aromatic N) is 2. The van der Waals surface area contributed by atoms with Crippen molar-refractivity contribution in [2.75, 3.05) is 13.1 Å². The second-order valence-electron chi connectivity index (χ2n) is 3.91. The molecule has 0 amide bonds. The van der Waals surface area contributed by atoms with Gasteiger partial charge in [-0.15, -0.1) is 0 Å². The van der Waals surface area contributed by atoms with Gasteiger partial charge < -0.3 is 5.32 Å². The first kappa shape index (κ1) is 10.5. The summed E-state index contributed by atoms with van der Waals surface area (Å²) in [6.07, 6.45) is 0.924. The average molecular weight is 181 g/mol. The van der Waals surface area contributed by atoms with Gasteiger partial charge in [0.25, 0.3) is 0 Å². The van der Waals surface area contributed by atoms with Gasteiger partial charge in [0.15, 0.2) is 0 Å². The quantitative estimate of drug-likeness (QED) is 0.690. The Morgan fingerprint density at radius 1 is 1.62 bits per heavy atom. The fraction of sp³-hybridized carbons (Fsp3) is 0.900. The molecule has 3 nitrogen and oxygen atoms in total. The Balaban J connectivity index is 2.60.